The third kappa shape index (κ3) is 6.55. The van der Waals surface area contributed by atoms with E-state index in [-0.39, 0.29) is 5.91 Å². The number of halogens is 1. The largest absolute Gasteiger partial charge is 0.352 e. The Morgan fingerprint density at radius 2 is 1.77 bits per heavy atom. The summed E-state index contributed by atoms with van der Waals surface area (Å²) < 4.78 is 0.872. The molecule has 1 aromatic carbocycles. The summed E-state index contributed by atoms with van der Waals surface area (Å²) in [4.78, 5) is 18.8. The first-order valence-electron chi connectivity index (χ1n) is 11.2. The van der Waals surface area contributed by atoms with Gasteiger partial charge in [0, 0.05) is 43.5 Å². The molecule has 2 saturated heterocycles. The van der Waals surface area contributed by atoms with Gasteiger partial charge in [0.25, 0.3) is 0 Å². The Bertz CT molecular complexity index is 804. The van der Waals surface area contributed by atoms with Crippen LogP contribution in [0.5, 0.6) is 0 Å². The van der Waals surface area contributed by atoms with Gasteiger partial charge in [-0.3, -0.25) is 14.6 Å². The second-order valence-electron chi connectivity index (χ2n) is 8.74. The molecule has 1 unspecified atom stereocenters. The maximum absolute atomic E-state index is 12.5. The van der Waals surface area contributed by atoms with E-state index in [9.17, 15) is 4.79 Å². The highest BCUT2D eigenvalue weighted by atomic mass is 35.5. The van der Waals surface area contributed by atoms with Crippen LogP contribution < -0.4 is 5.32 Å². The molecule has 1 atom stereocenters. The van der Waals surface area contributed by atoms with Crippen molar-refractivity contribution < 1.29 is 4.79 Å². The predicted octanol–water partition coefficient (Wildman–Crippen LogP) is 4.78. The van der Waals surface area contributed by atoms with Crippen LogP contribution in [0.3, 0.4) is 0 Å². The van der Waals surface area contributed by atoms with E-state index in [1.54, 1.807) is 11.3 Å². The minimum atomic E-state index is 0.234. The van der Waals surface area contributed by atoms with Crippen LogP contribution in [0, 0.1) is 5.92 Å². The first kappa shape index (κ1) is 21.8. The molecule has 162 valence electrons. The van der Waals surface area contributed by atoms with E-state index in [1.165, 1.54) is 23.3 Å². The molecule has 4 nitrogen and oxygen atoms in total. The molecule has 0 aliphatic carbocycles. The van der Waals surface area contributed by atoms with Crippen molar-refractivity contribution >= 4 is 28.8 Å². The van der Waals surface area contributed by atoms with Crippen molar-refractivity contribution in [2.24, 2.45) is 5.92 Å². The van der Waals surface area contributed by atoms with Gasteiger partial charge in [-0.15, -0.1) is 11.3 Å². The monoisotopic (exact) mass is 445 g/mol. The average molecular weight is 446 g/mol. The Hall–Kier alpha value is -1.40. The van der Waals surface area contributed by atoms with E-state index >= 15 is 0 Å². The fourth-order valence-corrected chi connectivity index (χ4v) is 5.79. The van der Waals surface area contributed by atoms with Crippen molar-refractivity contribution in [3.8, 4) is 0 Å². The summed E-state index contributed by atoms with van der Waals surface area (Å²) in [5.41, 5.74) is 1.35. The lowest BCUT2D eigenvalue weighted by Gasteiger charge is -2.31. The molecule has 2 fully saturated rings. The molecule has 2 aliphatic heterocycles. The second kappa shape index (κ2) is 10.8. The highest BCUT2D eigenvalue weighted by molar-refractivity contribution is 7.16. The standard InChI is InChI=1S/C24H32ClN3OS/c25-23-8-7-22(30-23)18-27-13-10-19(11-14-27)6-9-24(29)26-21-12-15-28(17-21)16-20-4-2-1-3-5-20/h1-5,7-8,19,21H,6,9-18H2,(H,26,29). The van der Waals surface area contributed by atoms with Crippen LogP contribution >= 0.6 is 22.9 Å². The van der Waals surface area contributed by atoms with Gasteiger partial charge in [-0.1, -0.05) is 41.9 Å². The van der Waals surface area contributed by atoms with Crippen molar-refractivity contribution in [3.05, 3.63) is 57.2 Å². The molecular weight excluding hydrogens is 414 g/mol. The number of carbonyl (C=O) groups is 1. The molecule has 0 radical (unpaired) electrons. The van der Waals surface area contributed by atoms with Gasteiger partial charge in [-0.25, -0.2) is 0 Å². The smallest absolute Gasteiger partial charge is 0.220 e. The second-order valence-corrected chi connectivity index (χ2v) is 10.5. The number of rotatable bonds is 8. The van der Waals surface area contributed by atoms with Crippen LogP contribution in [-0.4, -0.2) is 47.9 Å². The van der Waals surface area contributed by atoms with Gasteiger partial charge < -0.3 is 5.32 Å². The molecule has 0 spiro atoms. The Morgan fingerprint density at radius 3 is 2.50 bits per heavy atom. The van der Waals surface area contributed by atoms with Crippen molar-refractivity contribution in [3.63, 3.8) is 0 Å². The fraction of sp³-hybridized carbons (Fsp3) is 0.542. The highest BCUT2D eigenvalue weighted by Gasteiger charge is 2.25. The highest BCUT2D eigenvalue weighted by Crippen LogP contribution is 2.26. The number of hydrogen-bond donors (Lipinski definition) is 1. The summed E-state index contributed by atoms with van der Waals surface area (Å²) >= 11 is 7.72. The van der Waals surface area contributed by atoms with Gasteiger partial charge in [0.05, 0.1) is 4.34 Å². The summed E-state index contributed by atoms with van der Waals surface area (Å²) in [6.45, 7) is 6.26. The van der Waals surface area contributed by atoms with Crippen LogP contribution in [0.25, 0.3) is 0 Å². The van der Waals surface area contributed by atoms with E-state index in [0.29, 0.717) is 18.4 Å². The molecule has 1 amide bonds. The molecule has 2 aromatic rings. The Labute approximate surface area is 189 Å². The SMILES string of the molecule is O=C(CCC1CCN(Cc2ccc(Cl)s2)CC1)NC1CCN(Cc2ccccc2)C1. The quantitative estimate of drug-likeness (QED) is 0.634. The normalized spacial score (nSPS) is 21.2. The molecule has 0 bridgehead atoms. The Balaban J connectivity index is 1.10. The van der Waals surface area contributed by atoms with Crippen LogP contribution in [0.4, 0.5) is 0 Å². The van der Waals surface area contributed by atoms with Crippen molar-refractivity contribution in [1.82, 2.24) is 15.1 Å². The number of nitrogens with zero attached hydrogens (tertiary/aromatic N) is 2. The first-order valence-corrected chi connectivity index (χ1v) is 12.4. The van der Waals surface area contributed by atoms with E-state index in [0.717, 1.165) is 56.4 Å². The van der Waals surface area contributed by atoms with E-state index in [4.69, 9.17) is 11.6 Å². The minimum absolute atomic E-state index is 0.234. The summed E-state index contributed by atoms with van der Waals surface area (Å²) in [7, 11) is 0. The number of piperidine rings is 1. The first-order chi connectivity index (χ1) is 14.6. The van der Waals surface area contributed by atoms with Gasteiger partial charge in [-0.2, -0.15) is 0 Å². The molecule has 2 aliphatic rings. The number of hydrogen-bond acceptors (Lipinski definition) is 4. The minimum Gasteiger partial charge on any atom is -0.352 e. The maximum atomic E-state index is 12.5. The van der Waals surface area contributed by atoms with E-state index in [2.05, 4.69) is 51.5 Å². The lowest BCUT2D eigenvalue weighted by atomic mass is 9.92. The number of carbonyl (C=O) groups excluding carboxylic acids is 1. The summed E-state index contributed by atoms with van der Waals surface area (Å²) in [6, 6.07) is 15.0. The van der Waals surface area contributed by atoms with Crippen LogP contribution in [-0.2, 0) is 17.9 Å². The van der Waals surface area contributed by atoms with Gasteiger partial charge >= 0.3 is 0 Å². The lowest BCUT2D eigenvalue weighted by Crippen LogP contribution is -2.37. The zero-order valence-corrected chi connectivity index (χ0v) is 19.1. The van der Waals surface area contributed by atoms with Gasteiger partial charge in [-0.05, 0) is 62.4 Å². The number of nitrogens with one attached hydrogen (secondary N) is 1. The van der Waals surface area contributed by atoms with E-state index < -0.39 is 0 Å². The van der Waals surface area contributed by atoms with Crippen molar-refractivity contribution in [1.29, 1.82) is 0 Å². The van der Waals surface area contributed by atoms with Crippen LogP contribution in [0.1, 0.15) is 42.5 Å². The Kier molecular flexibility index (Phi) is 7.83. The summed E-state index contributed by atoms with van der Waals surface area (Å²) in [5, 5.41) is 3.28. The third-order valence-electron chi connectivity index (χ3n) is 6.38. The molecule has 3 heterocycles. The van der Waals surface area contributed by atoms with Gasteiger partial charge in [0.1, 0.15) is 0 Å². The number of thiophene rings is 1. The predicted molar refractivity (Wildman–Crippen MR) is 125 cm³/mol. The maximum Gasteiger partial charge on any atom is 0.220 e. The van der Waals surface area contributed by atoms with Crippen molar-refractivity contribution in [2.45, 2.75) is 51.2 Å². The van der Waals surface area contributed by atoms with Gasteiger partial charge in [0.2, 0.25) is 5.91 Å². The molecule has 0 saturated carbocycles. The lowest BCUT2D eigenvalue weighted by molar-refractivity contribution is -0.122. The number of likely N-dealkylation sites (tertiary alicyclic amines) is 2. The van der Waals surface area contributed by atoms with E-state index in [1.807, 2.05) is 6.07 Å². The Morgan fingerprint density at radius 1 is 1.00 bits per heavy atom. The van der Waals surface area contributed by atoms with Gasteiger partial charge in [0.15, 0.2) is 0 Å². The average Bonchev–Trinajstić information content (AvgIpc) is 3.36. The zero-order chi connectivity index (χ0) is 20.8. The summed E-state index contributed by atoms with van der Waals surface area (Å²) in [6.07, 6.45) is 5.14. The molecule has 1 aromatic heterocycles. The fourth-order valence-electron chi connectivity index (χ4n) is 4.66. The third-order valence-corrected chi connectivity index (χ3v) is 7.60. The zero-order valence-electron chi connectivity index (χ0n) is 17.6. The number of amides is 1. The molecule has 4 rings (SSSR count). The van der Waals surface area contributed by atoms with Crippen molar-refractivity contribution in [2.75, 3.05) is 26.2 Å². The van der Waals surface area contributed by atoms with Crippen LogP contribution in [0.15, 0.2) is 42.5 Å². The molecule has 1 N–H and O–H groups in total. The number of benzene rings is 1. The van der Waals surface area contributed by atoms with Crippen LogP contribution in [0.2, 0.25) is 4.34 Å². The topological polar surface area (TPSA) is 35.6 Å². The molecule has 6 heteroatoms. The molecular formula is C24H32ClN3OS. The summed E-state index contributed by atoms with van der Waals surface area (Å²) in [5.74, 6) is 0.911. The molecule has 30 heavy (non-hydrogen) atoms.